The van der Waals surface area contributed by atoms with Gasteiger partial charge in [0.15, 0.2) is 0 Å². The average molecular weight is 304 g/mol. The monoisotopic (exact) mass is 303 g/mol. The van der Waals surface area contributed by atoms with Crippen molar-refractivity contribution in [2.45, 2.75) is 6.54 Å². The fourth-order valence-electron chi connectivity index (χ4n) is 1.83. The molecule has 0 atom stereocenters. The van der Waals surface area contributed by atoms with Gasteiger partial charge >= 0.3 is 0 Å². The van der Waals surface area contributed by atoms with Crippen molar-refractivity contribution in [3.8, 4) is 11.5 Å². The molecule has 0 amide bonds. The number of nitrogens with one attached hydrogen (secondary N) is 1. The molecule has 0 aliphatic rings. The van der Waals surface area contributed by atoms with Gasteiger partial charge in [0.1, 0.15) is 5.82 Å². The lowest BCUT2D eigenvalue weighted by Crippen LogP contribution is -2.01. The summed E-state index contributed by atoms with van der Waals surface area (Å²) in [5, 5.41) is 11.1. The molecule has 1 N–H and O–H groups in total. The van der Waals surface area contributed by atoms with Crippen LogP contribution in [0.5, 0.6) is 0 Å². The summed E-state index contributed by atoms with van der Waals surface area (Å²) in [6.07, 6.45) is 0. The fraction of sp³-hybridized carbons (Fsp3) is 0.0667. The molecule has 21 heavy (non-hydrogen) atoms. The van der Waals surface area contributed by atoms with Crippen LogP contribution < -0.4 is 5.32 Å². The zero-order valence-corrected chi connectivity index (χ0v) is 11.6. The van der Waals surface area contributed by atoms with Crippen molar-refractivity contribution in [3.63, 3.8) is 0 Å². The van der Waals surface area contributed by atoms with Crippen LogP contribution in [0.1, 0.15) is 5.89 Å². The van der Waals surface area contributed by atoms with E-state index in [0.29, 0.717) is 22.5 Å². The topological polar surface area (TPSA) is 51.0 Å². The van der Waals surface area contributed by atoms with Crippen LogP contribution in [0.3, 0.4) is 0 Å². The first kappa shape index (κ1) is 13.6. The zero-order chi connectivity index (χ0) is 14.7. The second kappa shape index (κ2) is 5.93. The summed E-state index contributed by atoms with van der Waals surface area (Å²) < 4.78 is 19.1. The molecule has 0 saturated carbocycles. The highest BCUT2D eigenvalue weighted by molar-refractivity contribution is 6.30. The van der Waals surface area contributed by atoms with Crippen LogP contribution in [0.4, 0.5) is 10.1 Å². The standard InChI is InChI=1S/C15H11ClFN3O/c16-11-6-7-13(12(17)8-11)18-9-14-19-20-15(21-14)10-4-2-1-3-5-10/h1-8,18H,9H2. The van der Waals surface area contributed by atoms with Crippen LogP contribution >= 0.6 is 11.6 Å². The second-order valence-electron chi connectivity index (χ2n) is 4.34. The van der Waals surface area contributed by atoms with Gasteiger partial charge in [0, 0.05) is 10.6 Å². The maximum atomic E-state index is 13.6. The van der Waals surface area contributed by atoms with Gasteiger partial charge in [-0.2, -0.15) is 0 Å². The van der Waals surface area contributed by atoms with Gasteiger partial charge in [-0.3, -0.25) is 0 Å². The summed E-state index contributed by atoms with van der Waals surface area (Å²) >= 11 is 5.70. The first-order chi connectivity index (χ1) is 10.2. The summed E-state index contributed by atoms with van der Waals surface area (Å²) in [6.45, 7) is 0.235. The van der Waals surface area contributed by atoms with Gasteiger partial charge in [-0.15, -0.1) is 10.2 Å². The van der Waals surface area contributed by atoms with Crippen molar-refractivity contribution in [3.05, 3.63) is 65.3 Å². The molecule has 2 aromatic carbocycles. The van der Waals surface area contributed by atoms with E-state index in [4.69, 9.17) is 16.0 Å². The molecular weight excluding hydrogens is 293 g/mol. The van der Waals surface area contributed by atoms with E-state index in [2.05, 4.69) is 15.5 Å². The lowest BCUT2D eigenvalue weighted by atomic mass is 10.2. The zero-order valence-electron chi connectivity index (χ0n) is 10.9. The number of rotatable bonds is 4. The number of nitrogens with zero attached hydrogens (tertiary/aromatic N) is 2. The summed E-state index contributed by atoms with van der Waals surface area (Å²) in [4.78, 5) is 0. The highest BCUT2D eigenvalue weighted by Crippen LogP contribution is 2.20. The fourth-order valence-corrected chi connectivity index (χ4v) is 1.98. The lowest BCUT2D eigenvalue weighted by Gasteiger charge is -2.04. The quantitative estimate of drug-likeness (QED) is 0.787. The van der Waals surface area contributed by atoms with Crippen molar-refractivity contribution < 1.29 is 8.81 Å². The van der Waals surface area contributed by atoms with Crippen molar-refractivity contribution >= 4 is 17.3 Å². The third-order valence-corrected chi connectivity index (χ3v) is 3.08. The third-order valence-electron chi connectivity index (χ3n) is 2.85. The highest BCUT2D eigenvalue weighted by atomic mass is 35.5. The number of benzene rings is 2. The first-order valence-electron chi connectivity index (χ1n) is 6.29. The molecule has 6 heteroatoms. The molecule has 1 aromatic heterocycles. The molecule has 3 aromatic rings. The Hall–Kier alpha value is -2.40. The maximum absolute atomic E-state index is 13.6. The molecule has 1 heterocycles. The first-order valence-corrected chi connectivity index (χ1v) is 6.67. The van der Waals surface area contributed by atoms with E-state index in [1.165, 1.54) is 6.07 Å². The normalized spacial score (nSPS) is 10.6. The molecule has 3 rings (SSSR count). The van der Waals surface area contributed by atoms with Gasteiger partial charge in [-0.1, -0.05) is 29.8 Å². The molecule has 106 valence electrons. The van der Waals surface area contributed by atoms with Crippen LogP contribution in [-0.4, -0.2) is 10.2 Å². The van der Waals surface area contributed by atoms with E-state index in [-0.39, 0.29) is 6.54 Å². The Balaban J connectivity index is 1.70. The molecule has 0 aliphatic carbocycles. The van der Waals surface area contributed by atoms with Gasteiger partial charge in [-0.25, -0.2) is 4.39 Å². The van der Waals surface area contributed by atoms with Gasteiger partial charge in [0.25, 0.3) is 0 Å². The smallest absolute Gasteiger partial charge is 0.247 e. The number of anilines is 1. The Morgan fingerprint density at radius 1 is 1.10 bits per heavy atom. The Morgan fingerprint density at radius 3 is 2.67 bits per heavy atom. The van der Waals surface area contributed by atoms with E-state index in [1.54, 1.807) is 12.1 Å². The maximum Gasteiger partial charge on any atom is 0.247 e. The molecule has 4 nitrogen and oxygen atoms in total. The summed E-state index contributed by atoms with van der Waals surface area (Å²) in [5.74, 6) is 0.387. The van der Waals surface area contributed by atoms with Gasteiger partial charge in [0.05, 0.1) is 12.2 Å². The highest BCUT2D eigenvalue weighted by Gasteiger charge is 2.09. The predicted octanol–water partition coefficient (Wildman–Crippen LogP) is 4.14. The minimum atomic E-state index is -0.426. The molecule has 0 spiro atoms. The number of aromatic nitrogens is 2. The van der Waals surface area contributed by atoms with Crippen molar-refractivity contribution in [2.75, 3.05) is 5.32 Å². The largest absolute Gasteiger partial charge is 0.419 e. The molecule has 0 bridgehead atoms. The van der Waals surface area contributed by atoms with Crippen molar-refractivity contribution in [1.29, 1.82) is 0 Å². The van der Waals surface area contributed by atoms with Crippen LogP contribution in [0, 0.1) is 5.82 Å². The number of hydrogen-bond donors (Lipinski definition) is 1. The minimum Gasteiger partial charge on any atom is -0.419 e. The lowest BCUT2D eigenvalue weighted by molar-refractivity contribution is 0.514. The summed E-state index contributed by atoms with van der Waals surface area (Å²) in [5.41, 5.74) is 1.17. The Labute approximate surface area is 125 Å². The molecule has 0 radical (unpaired) electrons. The van der Waals surface area contributed by atoms with Crippen molar-refractivity contribution in [1.82, 2.24) is 10.2 Å². The van der Waals surface area contributed by atoms with Gasteiger partial charge in [0.2, 0.25) is 11.8 Å². The summed E-state index contributed by atoms with van der Waals surface area (Å²) in [7, 11) is 0. The van der Waals surface area contributed by atoms with Gasteiger partial charge in [-0.05, 0) is 30.3 Å². The molecule has 0 saturated heterocycles. The Bertz CT molecular complexity index is 746. The molecular formula is C15H11ClFN3O. The van der Waals surface area contributed by atoms with Crippen LogP contribution in [0.25, 0.3) is 11.5 Å². The van der Waals surface area contributed by atoms with E-state index < -0.39 is 5.82 Å². The van der Waals surface area contributed by atoms with E-state index >= 15 is 0 Å². The summed E-state index contributed by atoms with van der Waals surface area (Å²) in [6, 6.07) is 13.9. The van der Waals surface area contributed by atoms with E-state index in [9.17, 15) is 4.39 Å². The minimum absolute atomic E-state index is 0.235. The Kier molecular flexibility index (Phi) is 3.83. The number of halogens is 2. The van der Waals surface area contributed by atoms with Crippen LogP contribution in [-0.2, 0) is 6.54 Å². The Morgan fingerprint density at radius 2 is 1.90 bits per heavy atom. The predicted molar refractivity (Wildman–Crippen MR) is 78.5 cm³/mol. The molecule has 0 unspecified atom stereocenters. The molecule has 0 fully saturated rings. The van der Waals surface area contributed by atoms with Crippen LogP contribution in [0.2, 0.25) is 5.02 Å². The average Bonchev–Trinajstić information content (AvgIpc) is 2.96. The SMILES string of the molecule is Fc1cc(Cl)ccc1NCc1nnc(-c2ccccc2)o1. The van der Waals surface area contributed by atoms with Crippen molar-refractivity contribution in [2.24, 2.45) is 0 Å². The van der Waals surface area contributed by atoms with E-state index in [0.717, 1.165) is 5.56 Å². The van der Waals surface area contributed by atoms with Gasteiger partial charge < -0.3 is 9.73 Å². The van der Waals surface area contributed by atoms with Crippen LogP contribution in [0.15, 0.2) is 52.9 Å². The third kappa shape index (κ3) is 3.20. The number of hydrogen-bond acceptors (Lipinski definition) is 4. The molecule has 0 aliphatic heterocycles. The second-order valence-corrected chi connectivity index (χ2v) is 4.78. The van der Waals surface area contributed by atoms with E-state index in [1.807, 2.05) is 30.3 Å².